The number of carbonyl (C=O) groups is 5. The molecule has 34 heavy (non-hydrogen) atoms. The fourth-order valence-corrected chi connectivity index (χ4v) is 4.51. The summed E-state index contributed by atoms with van der Waals surface area (Å²) in [7, 11) is 0. The molecule has 0 saturated carbocycles. The van der Waals surface area contributed by atoms with Crippen LogP contribution in [0.25, 0.3) is 0 Å². The number of thiophene rings is 1. The molecular formula is C23H21N3O7S. The van der Waals surface area contributed by atoms with E-state index in [1.165, 1.54) is 11.3 Å². The molecule has 10 nitrogen and oxygen atoms in total. The molecular weight excluding hydrogens is 462 g/mol. The number of rotatable bonds is 8. The van der Waals surface area contributed by atoms with Crippen molar-refractivity contribution in [1.29, 1.82) is 0 Å². The highest BCUT2D eigenvalue weighted by Crippen LogP contribution is 2.31. The Balaban J connectivity index is 1.44. The van der Waals surface area contributed by atoms with Gasteiger partial charge in [-0.2, -0.15) is 0 Å². The van der Waals surface area contributed by atoms with Crippen LogP contribution in [0.1, 0.15) is 45.0 Å². The van der Waals surface area contributed by atoms with Gasteiger partial charge in [-0.25, -0.2) is 9.59 Å². The summed E-state index contributed by atoms with van der Waals surface area (Å²) in [5.41, 5.74) is 0.830. The Morgan fingerprint density at radius 1 is 1.03 bits per heavy atom. The van der Waals surface area contributed by atoms with Crippen LogP contribution in [0.2, 0.25) is 0 Å². The zero-order valence-electron chi connectivity index (χ0n) is 18.2. The molecule has 4 amide bonds. The van der Waals surface area contributed by atoms with E-state index in [0.29, 0.717) is 16.0 Å². The third kappa shape index (κ3) is 4.55. The lowest BCUT2D eigenvalue weighted by molar-refractivity contribution is -0.143. The van der Waals surface area contributed by atoms with E-state index in [1.807, 2.05) is 5.38 Å². The number of ether oxygens (including phenoxy) is 2. The van der Waals surface area contributed by atoms with E-state index in [4.69, 9.17) is 9.47 Å². The second-order valence-electron chi connectivity index (χ2n) is 7.38. The number of amides is 4. The van der Waals surface area contributed by atoms with Gasteiger partial charge in [0.2, 0.25) is 0 Å². The highest BCUT2D eigenvalue weighted by atomic mass is 32.1. The number of carbonyl (C=O) groups excluding carboxylic acids is 5. The Bertz CT molecular complexity index is 1150. The molecule has 2 aliphatic heterocycles. The Hall–Kier alpha value is -3.99. The van der Waals surface area contributed by atoms with Crippen molar-refractivity contribution in [2.75, 3.05) is 19.8 Å². The number of esters is 2. The number of urea groups is 1. The quantitative estimate of drug-likeness (QED) is 0.434. The summed E-state index contributed by atoms with van der Waals surface area (Å²) in [5, 5.41) is 7.01. The van der Waals surface area contributed by atoms with Crippen molar-refractivity contribution in [1.82, 2.24) is 15.5 Å². The van der Waals surface area contributed by atoms with Crippen LogP contribution in [0, 0.1) is 0 Å². The largest absolute Gasteiger partial charge is 0.463 e. The van der Waals surface area contributed by atoms with Crippen LogP contribution in [0.5, 0.6) is 0 Å². The van der Waals surface area contributed by atoms with Gasteiger partial charge in [-0.1, -0.05) is 18.2 Å². The van der Waals surface area contributed by atoms with E-state index < -0.39 is 35.8 Å². The van der Waals surface area contributed by atoms with Gasteiger partial charge in [0.25, 0.3) is 11.8 Å². The van der Waals surface area contributed by atoms with Gasteiger partial charge < -0.3 is 20.1 Å². The van der Waals surface area contributed by atoms with Gasteiger partial charge in [0.15, 0.2) is 0 Å². The normalized spacial score (nSPS) is 17.3. The first-order valence-corrected chi connectivity index (χ1v) is 11.4. The van der Waals surface area contributed by atoms with Crippen molar-refractivity contribution < 1.29 is 33.4 Å². The van der Waals surface area contributed by atoms with Gasteiger partial charge in [-0.3, -0.25) is 19.3 Å². The third-order valence-electron chi connectivity index (χ3n) is 5.27. The number of hydrogen-bond acceptors (Lipinski definition) is 8. The standard InChI is InChI=1S/C23H21N3O7S/c1-2-32-22(30)18-15(24-23(31)25-19(18)16-8-5-11-34-16)12-33-17(27)9-10-26-20(28)13-6-3-4-7-14(13)21(26)29/h3-8,11,19H,2,9-10,12H2,1H3,(H2,24,25,31)/t19-/m0/s1. The average Bonchev–Trinajstić information content (AvgIpc) is 3.44. The highest BCUT2D eigenvalue weighted by Gasteiger charge is 2.36. The fourth-order valence-electron chi connectivity index (χ4n) is 3.72. The number of nitrogens with one attached hydrogen (secondary N) is 2. The molecule has 0 spiro atoms. The predicted octanol–water partition coefficient (Wildman–Crippen LogP) is 2.15. The molecule has 1 aromatic heterocycles. The van der Waals surface area contributed by atoms with Crippen molar-refractivity contribution in [3.8, 4) is 0 Å². The number of hydrogen-bond donors (Lipinski definition) is 2. The van der Waals surface area contributed by atoms with Crippen LogP contribution in [0.15, 0.2) is 53.0 Å². The maximum Gasteiger partial charge on any atom is 0.338 e. The third-order valence-corrected chi connectivity index (χ3v) is 6.21. The smallest absolute Gasteiger partial charge is 0.338 e. The van der Waals surface area contributed by atoms with Crippen LogP contribution in [0.4, 0.5) is 4.79 Å². The Morgan fingerprint density at radius 2 is 1.74 bits per heavy atom. The lowest BCUT2D eigenvalue weighted by Crippen LogP contribution is -2.47. The molecule has 0 radical (unpaired) electrons. The van der Waals surface area contributed by atoms with Crippen LogP contribution in [-0.2, 0) is 19.1 Å². The molecule has 176 valence electrons. The molecule has 2 aromatic rings. The zero-order valence-corrected chi connectivity index (χ0v) is 19.0. The lowest BCUT2D eigenvalue weighted by Gasteiger charge is -2.28. The Labute approximate surface area is 198 Å². The van der Waals surface area contributed by atoms with Crippen LogP contribution in [-0.4, -0.2) is 54.4 Å². The predicted molar refractivity (Wildman–Crippen MR) is 120 cm³/mol. The molecule has 0 aliphatic carbocycles. The number of imide groups is 1. The van der Waals surface area contributed by atoms with Crippen molar-refractivity contribution in [2.45, 2.75) is 19.4 Å². The van der Waals surface area contributed by atoms with Crippen molar-refractivity contribution in [3.05, 3.63) is 69.1 Å². The topological polar surface area (TPSA) is 131 Å². The molecule has 0 saturated heterocycles. The van der Waals surface area contributed by atoms with E-state index in [1.54, 1.807) is 43.3 Å². The van der Waals surface area contributed by atoms with Gasteiger partial charge in [-0.15, -0.1) is 11.3 Å². The van der Waals surface area contributed by atoms with Crippen LogP contribution in [0.3, 0.4) is 0 Å². The maximum atomic E-state index is 12.7. The van der Waals surface area contributed by atoms with Crippen LogP contribution >= 0.6 is 11.3 Å². The maximum absolute atomic E-state index is 12.7. The van der Waals surface area contributed by atoms with Crippen molar-refractivity contribution in [3.63, 3.8) is 0 Å². The fraction of sp³-hybridized carbons (Fsp3) is 0.261. The summed E-state index contributed by atoms with van der Waals surface area (Å²) < 4.78 is 10.4. The Kier molecular flexibility index (Phi) is 6.73. The first-order chi connectivity index (χ1) is 16.4. The summed E-state index contributed by atoms with van der Waals surface area (Å²) >= 11 is 1.35. The molecule has 2 aliphatic rings. The summed E-state index contributed by atoms with van der Waals surface area (Å²) in [6, 6.07) is 8.69. The van der Waals surface area contributed by atoms with Gasteiger partial charge in [0.1, 0.15) is 6.61 Å². The van der Waals surface area contributed by atoms with Crippen molar-refractivity contribution >= 4 is 41.1 Å². The van der Waals surface area contributed by atoms with Crippen molar-refractivity contribution in [2.24, 2.45) is 0 Å². The second kappa shape index (κ2) is 9.87. The average molecular weight is 484 g/mol. The van der Waals surface area contributed by atoms with Gasteiger partial charge in [0.05, 0.1) is 41.5 Å². The monoisotopic (exact) mass is 483 g/mol. The van der Waals surface area contributed by atoms with Gasteiger partial charge in [-0.05, 0) is 30.5 Å². The molecule has 3 heterocycles. The molecule has 1 atom stereocenters. The second-order valence-corrected chi connectivity index (χ2v) is 8.36. The van der Waals surface area contributed by atoms with Crippen LogP contribution < -0.4 is 10.6 Å². The SMILES string of the molecule is CCOC(=O)C1=C(COC(=O)CCN2C(=O)c3ccccc3C2=O)NC(=O)N[C@H]1c1cccs1. The summed E-state index contributed by atoms with van der Waals surface area (Å²) in [6.07, 6.45) is -0.242. The first-order valence-electron chi connectivity index (χ1n) is 10.5. The number of benzene rings is 1. The zero-order chi connectivity index (χ0) is 24.2. The summed E-state index contributed by atoms with van der Waals surface area (Å²) in [4.78, 5) is 63.8. The van der Waals surface area contributed by atoms with E-state index >= 15 is 0 Å². The Morgan fingerprint density at radius 3 is 2.35 bits per heavy atom. The minimum atomic E-state index is -0.750. The summed E-state index contributed by atoms with van der Waals surface area (Å²) in [5.74, 6) is -2.28. The molecule has 0 fully saturated rings. The van der Waals surface area contributed by atoms with E-state index in [9.17, 15) is 24.0 Å². The lowest BCUT2D eigenvalue weighted by atomic mass is 10.0. The molecule has 0 unspecified atom stereocenters. The van der Waals surface area contributed by atoms with E-state index in [-0.39, 0.29) is 37.4 Å². The number of nitrogens with zero attached hydrogens (tertiary/aromatic N) is 1. The van der Waals surface area contributed by atoms with E-state index in [0.717, 1.165) is 4.90 Å². The number of fused-ring (bicyclic) bond motifs is 1. The van der Waals surface area contributed by atoms with Gasteiger partial charge >= 0.3 is 18.0 Å². The molecule has 4 rings (SSSR count). The molecule has 2 N–H and O–H groups in total. The van der Waals surface area contributed by atoms with Gasteiger partial charge in [0, 0.05) is 11.4 Å². The summed E-state index contributed by atoms with van der Waals surface area (Å²) in [6.45, 7) is 1.25. The first kappa shape index (κ1) is 23.2. The molecule has 1 aromatic carbocycles. The molecule has 0 bridgehead atoms. The molecule has 11 heteroatoms. The highest BCUT2D eigenvalue weighted by molar-refractivity contribution is 7.10. The minimum Gasteiger partial charge on any atom is -0.463 e. The minimum absolute atomic E-state index is 0.106. The van der Waals surface area contributed by atoms with E-state index in [2.05, 4.69) is 10.6 Å².